The molecule has 0 fully saturated rings. The van der Waals surface area contributed by atoms with Crippen LogP contribution in [0.2, 0.25) is 0 Å². The molecule has 0 bridgehead atoms. The molecule has 0 aliphatic carbocycles. The fourth-order valence-electron chi connectivity index (χ4n) is 1.56. The lowest BCUT2D eigenvalue weighted by Crippen LogP contribution is -2.16. The summed E-state index contributed by atoms with van der Waals surface area (Å²) >= 11 is 0. The van der Waals surface area contributed by atoms with Crippen LogP contribution in [0.3, 0.4) is 0 Å². The van der Waals surface area contributed by atoms with Crippen LogP contribution in [-0.2, 0) is 4.74 Å². The summed E-state index contributed by atoms with van der Waals surface area (Å²) in [5.74, 6) is 5.49. The summed E-state index contributed by atoms with van der Waals surface area (Å²) in [6, 6.07) is 0. The van der Waals surface area contributed by atoms with Crippen LogP contribution < -0.4 is 16.6 Å². The summed E-state index contributed by atoms with van der Waals surface area (Å²) in [7, 11) is 0. The third-order valence-electron chi connectivity index (χ3n) is 2.55. The average Bonchev–Trinajstić information content (AvgIpc) is 2.41. The normalized spacial score (nSPS) is 10.3. The van der Waals surface area contributed by atoms with Crippen LogP contribution in [0.15, 0.2) is 0 Å². The minimum absolute atomic E-state index is 0.127. The van der Waals surface area contributed by atoms with E-state index in [0.717, 1.165) is 12.8 Å². The number of nitrogens with two attached hydrogens (primary N) is 1. The van der Waals surface area contributed by atoms with Crippen molar-refractivity contribution in [1.29, 1.82) is 0 Å². The minimum Gasteiger partial charge on any atom is -0.380 e. The zero-order valence-corrected chi connectivity index (χ0v) is 11.7. The molecular formula is C11H20N6O3. The Morgan fingerprint density at radius 3 is 2.75 bits per heavy atom. The van der Waals surface area contributed by atoms with Gasteiger partial charge < -0.3 is 10.1 Å². The monoisotopic (exact) mass is 284 g/mol. The van der Waals surface area contributed by atoms with E-state index in [1.165, 1.54) is 6.92 Å². The van der Waals surface area contributed by atoms with E-state index in [1.807, 2.05) is 0 Å². The van der Waals surface area contributed by atoms with Crippen LogP contribution in [0.4, 0.5) is 17.5 Å². The number of aromatic nitrogens is 2. The van der Waals surface area contributed by atoms with Gasteiger partial charge in [0, 0.05) is 13.2 Å². The fraction of sp³-hybridized carbons (Fsp3) is 0.636. The van der Waals surface area contributed by atoms with Gasteiger partial charge in [0.25, 0.3) is 0 Å². The fourth-order valence-corrected chi connectivity index (χ4v) is 1.56. The summed E-state index contributed by atoms with van der Waals surface area (Å²) < 4.78 is 5.37. The summed E-state index contributed by atoms with van der Waals surface area (Å²) in [5, 5.41) is 13.9. The minimum atomic E-state index is -0.518. The van der Waals surface area contributed by atoms with Crippen molar-refractivity contribution in [2.75, 3.05) is 30.5 Å². The molecule has 0 aliphatic rings. The maximum absolute atomic E-state index is 11.0. The van der Waals surface area contributed by atoms with Gasteiger partial charge in [-0.05, 0) is 13.3 Å². The lowest BCUT2D eigenvalue weighted by molar-refractivity contribution is -0.385. The Balaban J connectivity index is 2.67. The Hall–Kier alpha value is -2.00. The number of unbranched alkanes of at least 4 members (excludes halogenated alkanes) is 1. The van der Waals surface area contributed by atoms with Crippen LogP contribution >= 0.6 is 0 Å². The second kappa shape index (κ2) is 8.23. The molecule has 0 atom stereocenters. The van der Waals surface area contributed by atoms with Crippen molar-refractivity contribution >= 4 is 17.5 Å². The lowest BCUT2D eigenvalue weighted by atomic mass is 10.3. The first-order chi connectivity index (χ1) is 9.60. The number of nitro groups is 1. The van der Waals surface area contributed by atoms with Crippen LogP contribution in [0.1, 0.15) is 25.5 Å². The zero-order chi connectivity index (χ0) is 15.0. The van der Waals surface area contributed by atoms with Gasteiger partial charge in [-0.2, -0.15) is 4.98 Å². The molecule has 20 heavy (non-hydrogen) atoms. The Morgan fingerprint density at radius 2 is 2.15 bits per heavy atom. The Labute approximate surface area is 117 Å². The van der Waals surface area contributed by atoms with Crippen molar-refractivity contribution in [3.05, 3.63) is 15.8 Å². The predicted octanol–water partition coefficient (Wildman–Crippen LogP) is 1.21. The number of nitrogens with zero attached hydrogens (tertiary/aromatic N) is 3. The molecule has 1 aromatic rings. The molecule has 1 rings (SSSR count). The lowest BCUT2D eigenvalue weighted by Gasteiger charge is -2.09. The molecule has 0 saturated carbocycles. The van der Waals surface area contributed by atoms with Gasteiger partial charge in [-0.1, -0.05) is 13.3 Å². The molecule has 9 heteroatoms. The molecule has 0 radical (unpaired) electrons. The molecule has 112 valence electrons. The standard InChI is InChI=1S/C11H20N6O3/c1-3-4-6-20-7-5-13-10-9(17(18)19)8(2)14-11(15-10)16-12/h3-7,12H2,1-2H3,(H2,13,14,15,16). The van der Waals surface area contributed by atoms with Gasteiger partial charge in [-0.15, -0.1) is 0 Å². The number of hydrogen-bond donors (Lipinski definition) is 3. The molecule has 0 saturated heterocycles. The number of anilines is 2. The average molecular weight is 284 g/mol. The first-order valence-electron chi connectivity index (χ1n) is 6.41. The highest BCUT2D eigenvalue weighted by Crippen LogP contribution is 2.25. The number of rotatable bonds is 9. The van der Waals surface area contributed by atoms with Gasteiger partial charge in [-0.25, -0.2) is 10.8 Å². The van der Waals surface area contributed by atoms with E-state index in [0.29, 0.717) is 19.8 Å². The van der Waals surface area contributed by atoms with Crippen molar-refractivity contribution in [1.82, 2.24) is 9.97 Å². The Bertz CT molecular complexity index is 454. The second-order valence-corrected chi connectivity index (χ2v) is 4.12. The highest BCUT2D eigenvalue weighted by atomic mass is 16.6. The number of nitrogen functional groups attached to an aromatic ring is 1. The van der Waals surface area contributed by atoms with Gasteiger partial charge in [0.05, 0.1) is 11.5 Å². The van der Waals surface area contributed by atoms with E-state index in [-0.39, 0.29) is 23.1 Å². The third-order valence-corrected chi connectivity index (χ3v) is 2.55. The Morgan fingerprint density at radius 1 is 1.40 bits per heavy atom. The van der Waals surface area contributed by atoms with E-state index in [9.17, 15) is 10.1 Å². The zero-order valence-electron chi connectivity index (χ0n) is 11.7. The molecule has 0 spiro atoms. The SMILES string of the molecule is CCCCOCCNc1nc(NN)nc(C)c1[N+](=O)[O-]. The molecule has 1 aromatic heterocycles. The highest BCUT2D eigenvalue weighted by molar-refractivity contribution is 5.60. The van der Waals surface area contributed by atoms with Gasteiger partial charge in [-0.3, -0.25) is 15.5 Å². The number of hydrazine groups is 1. The largest absolute Gasteiger partial charge is 0.380 e. The number of aryl methyl sites for hydroxylation is 1. The Kier molecular flexibility index (Phi) is 6.60. The van der Waals surface area contributed by atoms with Crippen molar-refractivity contribution in [3.63, 3.8) is 0 Å². The molecular weight excluding hydrogens is 264 g/mol. The maximum Gasteiger partial charge on any atom is 0.332 e. The molecule has 9 nitrogen and oxygen atoms in total. The van der Waals surface area contributed by atoms with Crippen molar-refractivity contribution in [2.24, 2.45) is 5.84 Å². The second-order valence-electron chi connectivity index (χ2n) is 4.12. The van der Waals surface area contributed by atoms with E-state index in [2.05, 4.69) is 27.6 Å². The molecule has 0 amide bonds. The molecule has 0 aromatic carbocycles. The summed E-state index contributed by atoms with van der Waals surface area (Å²) in [6.45, 7) is 5.16. The number of nitrogens with one attached hydrogen (secondary N) is 2. The number of ether oxygens (including phenoxy) is 1. The number of hydrogen-bond acceptors (Lipinski definition) is 8. The van der Waals surface area contributed by atoms with Crippen LogP contribution in [0.25, 0.3) is 0 Å². The highest BCUT2D eigenvalue weighted by Gasteiger charge is 2.21. The van der Waals surface area contributed by atoms with Crippen LogP contribution in [0.5, 0.6) is 0 Å². The van der Waals surface area contributed by atoms with E-state index in [1.54, 1.807) is 0 Å². The van der Waals surface area contributed by atoms with E-state index < -0.39 is 4.92 Å². The van der Waals surface area contributed by atoms with Gasteiger partial charge in [0.15, 0.2) is 0 Å². The first kappa shape index (κ1) is 16.1. The molecule has 0 unspecified atom stereocenters. The topological polar surface area (TPSA) is 128 Å². The molecule has 1 heterocycles. The third kappa shape index (κ3) is 4.59. The summed E-state index contributed by atoms with van der Waals surface area (Å²) in [4.78, 5) is 18.3. The van der Waals surface area contributed by atoms with Gasteiger partial charge in [0.1, 0.15) is 5.69 Å². The van der Waals surface area contributed by atoms with Crippen LogP contribution in [-0.4, -0.2) is 34.6 Å². The van der Waals surface area contributed by atoms with E-state index >= 15 is 0 Å². The smallest absolute Gasteiger partial charge is 0.332 e. The van der Waals surface area contributed by atoms with Crippen LogP contribution in [0, 0.1) is 17.0 Å². The summed E-state index contributed by atoms with van der Waals surface area (Å²) in [5.41, 5.74) is 2.36. The maximum atomic E-state index is 11.0. The van der Waals surface area contributed by atoms with Crippen molar-refractivity contribution in [3.8, 4) is 0 Å². The van der Waals surface area contributed by atoms with Crippen molar-refractivity contribution < 1.29 is 9.66 Å². The summed E-state index contributed by atoms with van der Waals surface area (Å²) in [6.07, 6.45) is 2.06. The first-order valence-corrected chi connectivity index (χ1v) is 6.41. The van der Waals surface area contributed by atoms with E-state index in [4.69, 9.17) is 10.6 Å². The molecule has 4 N–H and O–H groups in total. The quantitative estimate of drug-likeness (QED) is 0.267. The van der Waals surface area contributed by atoms with Gasteiger partial charge in [0.2, 0.25) is 11.8 Å². The predicted molar refractivity (Wildman–Crippen MR) is 75.5 cm³/mol. The van der Waals surface area contributed by atoms with Crippen molar-refractivity contribution in [2.45, 2.75) is 26.7 Å². The molecule has 0 aliphatic heterocycles. The van der Waals surface area contributed by atoms with Gasteiger partial charge >= 0.3 is 5.69 Å².